The first kappa shape index (κ1) is 14.3. The summed E-state index contributed by atoms with van der Waals surface area (Å²) in [5.41, 5.74) is 1.98. The van der Waals surface area contributed by atoms with Crippen LogP contribution in [0.3, 0.4) is 0 Å². The molecule has 3 heteroatoms. The van der Waals surface area contributed by atoms with E-state index in [1.807, 2.05) is 31.2 Å². The Kier molecular flexibility index (Phi) is 4.95. The minimum absolute atomic E-state index is 0.0494. The molecular weight excluding hydrogens is 250 g/mol. The third kappa shape index (κ3) is 3.71. The molecule has 1 fully saturated rings. The molecule has 0 heterocycles. The van der Waals surface area contributed by atoms with Crippen LogP contribution in [0.25, 0.3) is 0 Å². The largest absolute Gasteiger partial charge is 0.459 e. The van der Waals surface area contributed by atoms with Gasteiger partial charge in [0.15, 0.2) is 0 Å². The smallest absolute Gasteiger partial charge is 0.330 e. The van der Waals surface area contributed by atoms with E-state index in [9.17, 15) is 4.79 Å². The van der Waals surface area contributed by atoms with Crippen molar-refractivity contribution in [1.29, 1.82) is 5.26 Å². The number of benzene rings is 1. The van der Waals surface area contributed by atoms with Gasteiger partial charge in [-0.2, -0.15) is 5.26 Å². The lowest BCUT2D eigenvalue weighted by molar-refractivity contribution is -0.144. The van der Waals surface area contributed by atoms with Gasteiger partial charge in [-0.1, -0.05) is 18.2 Å². The summed E-state index contributed by atoms with van der Waals surface area (Å²) >= 11 is 0. The minimum atomic E-state index is -0.241. The fraction of sp³-hybridized carbons (Fsp3) is 0.412. The quantitative estimate of drug-likeness (QED) is 0.621. The Hall–Kier alpha value is -2.08. The van der Waals surface area contributed by atoms with E-state index in [2.05, 4.69) is 6.07 Å². The van der Waals surface area contributed by atoms with E-state index in [-0.39, 0.29) is 12.1 Å². The van der Waals surface area contributed by atoms with Crippen LogP contribution in [0.15, 0.2) is 36.4 Å². The van der Waals surface area contributed by atoms with Crippen LogP contribution in [0.2, 0.25) is 0 Å². The molecule has 1 aromatic rings. The zero-order chi connectivity index (χ0) is 14.4. The van der Waals surface area contributed by atoms with E-state index in [4.69, 9.17) is 10.00 Å². The third-order valence-corrected chi connectivity index (χ3v) is 3.77. The average Bonchev–Trinajstić information content (AvgIpc) is 2.48. The second kappa shape index (κ2) is 6.91. The van der Waals surface area contributed by atoms with Crippen LogP contribution in [0.4, 0.5) is 0 Å². The lowest BCUT2D eigenvalue weighted by Gasteiger charge is -2.28. The maximum Gasteiger partial charge on any atom is 0.330 e. The van der Waals surface area contributed by atoms with Gasteiger partial charge >= 0.3 is 5.97 Å². The van der Waals surface area contributed by atoms with Crippen molar-refractivity contribution in [2.45, 2.75) is 44.6 Å². The number of allylic oxidation sites excluding steroid dienone is 1. The molecule has 1 aliphatic carbocycles. The van der Waals surface area contributed by atoms with Gasteiger partial charge in [-0.3, -0.25) is 0 Å². The van der Waals surface area contributed by atoms with Crippen LogP contribution in [-0.2, 0) is 9.53 Å². The fourth-order valence-electron chi connectivity index (χ4n) is 2.68. The molecule has 3 nitrogen and oxygen atoms in total. The molecule has 0 unspecified atom stereocenters. The number of carbonyl (C=O) groups is 1. The van der Waals surface area contributed by atoms with Gasteiger partial charge in [0.25, 0.3) is 0 Å². The van der Waals surface area contributed by atoms with E-state index >= 15 is 0 Å². The predicted octanol–water partition coefficient (Wildman–Crippen LogP) is 3.70. The molecular formula is C17H19NO2. The van der Waals surface area contributed by atoms with Crippen molar-refractivity contribution in [1.82, 2.24) is 0 Å². The van der Waals surface area contributed by atoms with Gasteiger partial charge in [-0.05, 0) is 56.2 Å². The second-order valence-electron chi connectivity index (χ2n) is 5.14. The first-order chi connectivity index (χ1) is 9.72. The zero-order valence-corrected chi connectivity index (χ0v) is 11.7. The summed E-state index contributed by atoms with van der Waals surface area (Å²) in [6.07, 6.45) is 7.09. The third-order valence-electron chi connectivity index (χ3n) is 3.77. The molecule has 0 bridgehead atoms. The maximum absolute atomic E-state index is 11.4. The van der Waals surface area contributed by atoms with E-state index in [0.717, 1.165) is 25.7 Å². The highest BCUT2D eigenvalue weighted by molar-refractivity contribution is 5.81. The van der Waals surface area contributed by atoms with Gasteiger partial charge in [-0.15, -0.1) is 0 Å². The van der Waals surface area contributed by atoms with Gasteiger partial charge in [0.05, 0.1) is 11.6 Å². The Morgan fingerprint density at radius 3 is 2.45 bits per heavy atom. The molecule has 1 aliphatic rings. The molecule has 1 saturated carbocycles. The highest BCUT2D eigenvalue weighted by atomic mass is 16.5. The summed E-state index contributed by atoms with van der Waals surface area (Å²) in [7, 11) is 0. The minimum Gasteiger partial charge on any atom is -0.459 e. The number of hydrogen-bond acceptors (Lipinski definition) is 3. The normalized spacial score (nSPS) is 22.4. The average molecular weight is 269 g/mol. The Labute approximate surface area is 119 Å². The Morgan fingerprint density at radius 2 is 1.90 bits per heavy atom. The molecule has 1 aromatic carbocycles. The lowest BCUT2D eigenvalue weighted by Crippen LogP contribution is -2.23. The first-order valence-corrected chi connectivity index (χ1v) is 7.06. The zero-order valence-electron chi connectivity index (χ0n) is 11.7. The molecule has 0 N–H and O–H groups in total. The molecule has 20 heavy (non-hydrogen) atoms. The highest BCUT2D eigenvalue weighted by Gasteiger charge is 2.24. The van der Waals surface area contributed by atoms with Crippen molar-refractivity contribution in [3.8, 4) is 6.07 Å². The molecule has 0 spiro atoms. The van der Waals surface area contributed by atoms with E-state index in [1.54, 1.807) is 6.08 Å². The van der Waals surface area contributed by atoms with Crippen molar-refractivity contribution in [3.63, 3.8) is 0 Å². The molecule has 0 atom stereocenters. The van der Waals surface area contributed by atoms with Crippen LogP contribution in [0.1, 0.15) is 49.7 Å². The van der Waals surface area contributed by atoms with E-state index in [0.29, 0.717) is 11.5 Å². The fourth-order valence-corrected chi connectivity index (χ4v) is 2.68. The topological polar surface area (TPSA) is 50.1 Å². The highest BCUT2D eigenvalue weighted by Crippen LogP contribution is 2.34. The Bertz CT molecular complexity index is 517. The molecule has 0 amide bonds. The molecule has 0 radical (unpaired) electrons. The summed E-state index contributed by atoms with van der Waals surface area (Å²) in [5.74, 6) is 0.272. The van der Waals surface area contributed by atoms with Gasteiger partial charge in [0, 0.05) is 6.08 Å². The van der Waals surface area contributed by atoms with Gasteiger partial charge in [0.1, 0.15) is 6.10 Å². The lowest BCUT2D eigenvalue weighted by atomic mass is 9.82. The number of carbonyl (C=O) groups excluding carboxylic acids is 1. The van der Waals surface area contributed by atoms with Crippen molar-refractivity contribution >= 4 is 5.97 Å². The summed E-state index contributed by atoms with van der Waals surface area (Å²) in [6.45, 7) is 1.81. The summed E-state index contributed by atoms with van der Waals surface area (Å²) < 4.78 is 5.38. The van der Waals surface area contributed by atoms with Crippen LogP contribution in [-0.4, -0.2) is 12.1 Å². The van der Waals surface area contributed by atoms with Crippen molar-refractivity contribution in [2.75, 3.05) is 0 Å². The molecule has 0 aromatic heterocycles. The maximum atomic E-state index is 11.4. The SMILES string of the molecule is C/C=C/C(=O)OC1CCC(c2ccc(C#N)cc2)CC1. The molecule has 0 aliphatic heterocycles. The van der Waals surface area contributed by atoms with Crippen LogP contribution in [0.5, 0.6) is 0 Å². The molecule has 2 rings (SSSR count). The van der Waals surface area contributed by atoms with Gasteiger partial charge in [-0.25, -0.2) is 4.79 Å². The number of rotatable bonds is 3. The number of nitriles is 1. The Balaban J connectivity index is 1.87. The van der Waals surface area contributed by atoms with Crippen molar-refractivity contribution in [3.05, 3.63) is 47.5 Å². The Morgan fingerprint density at radius 1 is 1.25 bits per heavy atom. The van der Waals surface area contributed by atoms with Gasteiger partial charge in [0.2, 0.25) is 0 Å². The number of esters is 1. The number of nitrogens with zero attached hydrogens (tertiary/aromatic N) is 1. The molecule has 104 valence electrons. The standard InChI is InChI=1S/C17H19NO2/c1-2-3-17(19)20-16-10-8-15(9-11-16)14-6-4-13(12-18)5-7-14/h2-7,15-16H,8-11H2,1H3/b3-2+. The van der Waals surface area contributed by atoms with Crippen molar-refractivity contribution in [2.24, 2.45) is 0 Å². The summed E-state index contributed by atoms with van der Waals surface area (Å²) in [4.78, 5) is 11.4. The number of hydrogen-bond donors (Lipinski definition) is 0. The van der Waals surface area contributed by atoms with Gasteiger partial charge < -0.3 is 4.74 Å². The summed E-state index contributed by atoms with van der Waals surface area (Å²) in [5, 5.41) is 8.80. The van der Waals surface area contributed by atoms with E-state index < -0.39 is 0 Å². The monoisotopic (exact) mass is 269 g/mol. The first-order valence-electron chi connectivity index (χ1n) is 7.06. The second-order valence-corrected chi connectivity index (χ2v) is 5.14. The molecule has 0 saturated heterocycles. The summed E-state index contributed by atoms with van der Waals surface area (Å²) in [6, 6.07) is 9.95. The predicted molar refractivity (Wildman–Crippen MR) is 77.1 cm³/mol. The number of ether oxygens (including phenoxy) is 1. The van der Waals surface area contributed by atoms with E-state index in [1.165, 1.54) is 11.6 Å². The van der Waals surface area contributed by atoms with Crippen LogP contribution >= 0.6 is 0 Å². The van der Waals surface area contributed by atoms with Crippen molar-refractivity contribution < 1.29 is 9.53 Å². The van der Waals surface area contributed by atoms with Crippen LogP contribution in [0, 0.1) is 11.3 Å². The van der Waals surface area contributed by atoms with Crippen LogP contribution < -0.4 is 0 Å².